The second kappa shape index (κ2) is 8.47. The molecule has 5 nitrogen and oxygen atoms in total. The Labute approximate surface area is 183 Å². The van der Waals surface area contributed by atoms with Gasteiger partial charge in [-0.15, -0.1) is 0 Å². The van der Waals surface area contributed by atoms with Crippen LogP contribution in [0.1, 0.15) is 29.2 Å². The van der Waals surface area contributed by atoms with Gasteiger partial charge in [0.1, 0.15) is 6.61 Å². The van der Waals surface area contributed by atoms with Crippen molar-refractivity contribution in [2.75, 3.05) is 7.11 Å². The zero-order valence-corrected chi connectivity index (χ0v) is 18.6. The van der Waals surface area contributed by atoms with Crippen LogP contribution in [0.4, 0.5) is 0 Å². The Hall–Kier alpha value is -3.25. The molecular weight excluding hydrogens is 410 g/mol. The highest BCUT2D eigenvalue weighted by molar-refractivity contribution is 7.89. The van der Waals surface area contributed by atoms with Crippen LogP contribution in [-0.2, 0) is 23.2 Å². The molecule has 0 N–H and O–H groups in total. The van der Waals surface area contributed by atoms with Gasteiger partial charge in [-0.3, -0.25) is 4.31 Å². The summed E-state index contributed by atoms with van der Waals surface area (Å²) in [4.78, 5) is 0.268. The van der Waals surface area contributed by atoms with Gasteiger partial charge in [-0.2, -0.15) is 0 Å². The van der Waals surface area contributed by atoms with E-state index in [1.54, 1.807) is 31.4 Å². The number of allylic oxidation sites excluding steroid dienone is 1. The summed E-state index contributed by atoms with van der Waals surface area (Å²) in [6, 6.07) is 20.5. The lowest BCUT2D eigenvalue weighted by atomic mass is 10.0. The molecule has 0 bridgehead atoms. The average Bonchev–Trinajstić information content (AvgIpc) is 2.77. The second-order valence-electron chi connectivity index (χ2n) is 7.55. The third-order valence-electron chi connectivity index (χ3n) is 5.38. The molecule has 0 amide bonds. The first kappa shape index (κ1) is 21.0. The number of hydrogen-bond acceptors (Lipinski definition) is 4. The van der Waals surface area contributed by atoms with Crippen LogP contribution in [0, 0.1) is 6.92 Å². The van der Waals surface area contributed by atoms with Crippen LogP contribution >= 0.6 is 0 Å². The van der Waals surface area contributed by atoms with Crippen molar-refractivity contribution in [2.24, 2.45) is 0 Å². The lowest BCUT2D eigenvalue weighted by Gasteiger charge is -2.31. The van der Waals surface area contributed by atoms with Crippen LogP contribution in [0.15, 0.2) is 77.3 Å². The Bertz CT molecular complexity index is 1220. The predicted molar refractivity (Wildman–Crippen MR) is 121 cm³/mol. The van der Waals surface area contributed by atoms with Gasteiger partial charge in [-0.1, -0.05) is 54.1 Å². The molecule has 3 aromatic rings. The van der Waals surface area contributed by atoms with Crippen LogP contribution in [0.3, 0.4) is 0 Å². The zero-order valence-electron chi connectivity index (χ0n) is 17.8. The molecule has 1 heterocycles. The normalized spacial score (nSPS) is 13.4. The highest BCUT2D eigenvalue weighted by Crippen LogP contribution is 2.40. The quantitative estimate of drug-likeness (QED) is 0.537. The SMILES string of the molecule is COc1ccc2c(c1OCc1ccccc1)CN(S(=O)(=O)c1ccc(C)cc1)C(C)=C2. The Kier molecular flexibility index (Phi) is 5.74. The molecule has 0 saturated carbocycles. The maximum atomic E-state index is 13.4. The third kappa shape index (κ3) is 4.16. The number of aryl methyl sites for hydroxylation is 1. The van der Waals surface area contributed by atoms with Gasteiger partial charge in [0, 0.05) is 11.3 Å². The molecule has 4 rings (SSSR count). The van der Waals surface area contributed by atoms with Crippen LogP contribution in [-0.4, -0.2) is 19.8 Å². The van der Waals surface area contributed by atoms with Gasteiger partial charge in [-0.05, 0) is 49.2 Å². The average molecular weight is 436 g/mol. The number of rotatable bonds is 6. The second-order valence-corrected chi connectivity index (χ2v) is 9.41. The molecule has 0 spiro atoms. The van der Waals surface area contributed by atoms with Crippen molar-refractivity contribution < 1.29 is 17.9 Å². The molecule has 3 aromatic carbocycles. The number of benzene rings is 3. The summed E-state index contributed by atoms with van der Waals surface area (Å²) in [7, 11) is -2.12. The Morgan fingerprint density at radius 3 is 2.32 bits per heavy atom. The molecule has 31 heavy (non-hydrogen) atoms. The summed E-state index contributed by atoms with van der Waals surface area (Å²) in [5.41, 5.74) is 4.41. The lowest BCUT2D eigenvalue weighted by Crippen LogP contribution is -2.31. The highest BCUT2D eigenvalue weighted by atomic mass is 32.2. The van der Waals surface area contributed by atoms with Crippen LogP contribution in [0.25, 0.3) is 6.08 Å². The summed E-state index contributed by atoms with van der Waals surface area (Å²) in [5, 5.41) is 0. The summed E-state index contributed by atoms with van der Waals surface area (Å²) >= 11 is 0. The molecule has 0 radical (unpaired) electrons. The molecule has 1 aliphatic rings. The summed E-state index contributed by atoms with van der Waals surface area (Å²) in [5.74, 6) is 1.15. The molecule has 1 aliphatic heterocycles. The van der Waals surface area contributed by atoms with Gasteiger partial charge < -0.3 is 9.47 Å². The minimum atomic E-state index is -3.71. The monoisotopic (exact) mass is 435 g/mol. The van der Waals surface area contributed by atoms with Gasteiger partial charge in [-0.25, -0.2) is 8.42 Å². The number of sulfonamides is 1. The van der Waals surface area contributed by atoms with Gasteiger partial charge in [0.2, 0.25) is 0 Å². The molecule has 0 fully saturated rings. The maximum Gasteiger partial charge on any atom is 0.264 e. The highest BCUT2D eigenvalue weighted by Gasteiger charge is 2.30. The van der Waals surface area contributed by atoms with E-state index in [-0.39, 0.29) is 11.4 Å². The van der Waals surface area contributed by atoms with E-state index in [9.17, 15) is 8.42 Å². The molecular formula is C25H25NO4S. The smallest absolute Gasteiger partial charge is 0.264 e. The first-order chi connectivity index (χ1) is 14.9. The topological polar surface area (TPSA) is 55.8 Å². The maximum absolute atomic E-state index is 13.4. The van der Waals surface area contributed by atoms with Gasteiger partial charge in [0.15, 0.2) is 11.5 Å². The molecule has 0 aliphatic carbocycles. The van der Waals surface area contributed by atoms with Gasteiger partial charge in [0.25, 0.3) is 10.0 Å². The summed E-state index contributed by atoms with van der Waals surface area (Å²) in [6.45, 7) is 4.28. The first-order valence-electron chi connectivity index (χ1n) is 10.0. The fraction of sp³-hybridized carbons (Fsp3) is 0.200. The van der Waals surface area contributed by atoms with Crippen molar-refractivity contribution in [1.29, 1.82) is 0 Å². The number of hydrogen-bond donors (Lipinski definition) is 0. The molecule has 6 heteroatoms. The molecule has 0 saturated heterocycles. The van der Waals surface area contributed by atoms with Crippen molar-refractivity contribution in [3.8, 4) is 11.5 Å². The number of nitrogens with zero attached hydrogens (tertiary/aromatic N) is 1. The van der Waals surface area contributed by atoms with Crippen LogP contribution in [0.2, 0.25) is 0 Å². The van der Waals surface area contributed by atoms with E-state index in [1.807, 2.05) is 62.4 Å². The van der Waals surface area contributed by atoms with Crippen molar-refractivity contribution in [2.45, 2.75) is 31.9 Å². The van der Waals surface area contributed by atoms with E-state index in [1.165, 1.54) is 4.31 Å². The van der Waals surface area contributed by atoms with E-state index in [0.717, 1.165) is 22.3 Å². The van der Waals surface area contributed by atoms with Crippen LogP contribution in [0.5, 0.6) is 11.5 Å². The van der Waals surface area contributed by atoms with Crippen molar-refractivity contribution in [3.63, 3.8) is 0 Å². The lowest BCUT2D eigenvalue weighted by molar-refractivity contribution is 0.278. The van der Waals surface area contributed by atoms with E-state index in [2.05, 4.69) is 0 Å². The third-order valence-corrected chi connectivity index (χ3v) is 7.24. The minimum Gasteiger partial charge on any atom is -0.493 e. The minimum absolute atomic E-state index is 0.176. The molecule has 0 unspecified atom stereocenters. The molecule has 0 atom stereocenters. The van der Waals surface area contributed by atoms with E-state index in [4.69, 9.17) is 9.47 Å². The number of ether oxygens (including phenoxy) is 2. The van der Waals surface area contributed by atoms with E-state index < -0.39 is 10.0 Å². The summed E-state index contributed by atoms with van der Waals surface area (Å²) < 4.78 is 39.9. The van der Waals surface area contributed by atoms with Crippen molar-refractivity contribution in [1.82, 2.24) is 4.31 Å². The standard InChI is InChI=1S/C25H25NO4S/c1-18-9-12-22(13-10-18)31(27,28)26-16-23-21(15-19(26)2)11-14-24(29-3)25(23)30-17-20-7-5-4-6-8-20/h4-15H,16-17H2,1-3H3. The largest absolute Gasteiger partial charge is 0.493 e. The van der Waals surface area contributed by atoms with E-state index in [0.29, 0.717) is 23.8 Å². The first-order valence-corrected chi connectivity index (χ1v) is 11.5. The fourth-order valence-electron chi connectivity index (χ4n) is 3.65. The Morgan fingerprint density at radius 2 is 1.65 bits per heavy atom. The van der Waals surface area contributed by atoms with Gasteiger partial charge in [0.05, 0.1) is 18.6 Å². The fourth-order valence-corrected chi connectivity index (χ4v) is 5.11. The Balaban J connectivity index is 1.72. The summed E-state index contributed by atoms with van der Waals surface area (Å²) in [6.07, 6.45) is 1.87. The van der Waals surface area contributed by atoms with Crippen LogP contribution < -0.4 is 9.47 Å². The number of methoxy groups -OCH3 is 1. The van der Waals surface area contributed by atoms with E-state index >= 15 is 0 Å². The van der Waals surface area contributed by atoms with Crippen molar-refractivity contribution >= 4 is 16.1 Å². The van der Waals surface area contributed by atoms with Gasteiger partial charge >= 0.3 is 0 Å². The van der Waals surface area contributed by atoms with Crippen molar-refractivity contribution in [3.05, 3.63) is 94.7 Å². The molecule has 160 valence electrons. The number of fused-ring (bicyclic) bond motifs is 1. The molecule has 0 aromatic heterocycles. The predicted octanol–water partition coefficient (Wildman–Crippen LogP) is 5.15. The Morgan fingerprint density at radius 1 is 0.935 bits per heavy atom. The zero-order chi connectivity index (χ0) is 22.0.